The van der Waals surface area contributed by atoms with Gasteiger partial charge in [-0.25, -0.2) is 0 Å². The molecule has 2 atom stereocenters. The molecule has 24 heavy (non-hydrogen) atoms. The van der Waals surface area contributed by atoms with Crippen LogP contribution in [0.4, 0.5) is 0 Å². The Morgan fingerprint density at radius 3 is 2.58 bits per heavy atom. The number of carbonyl (C=O) groups excluding carboxylic acids is 1. The highest BCUT2D eigenvalue weighted by molar-refractivity contribution is 7.17. The lowest BCUT2D eigenvalue weighted by atomic mass is 10.1. The first kappa shape index (κ1) is 16.5. The van der Waals surface area contributed by atoms with Crippen molar-refractivity contribution in [2.45, 2.75) is 32.4 Å². The number of para-hydroxylation sites is 1. The van der Waals surface area contributed by atoms with E-state index in [1.165, 1.54) is 15.6 Å². The van der Waals surface area contributed by atoms with Crippen molar-refractivity contribution in [1.29, 1.82) is 0 Å². The highest BCUT2D eigenvalue weighted by Gasteiger charge is 2.17. The maximum absolute atomic E-state index is 12.3. The Bertz CT molecular complexity index is 813. The first-order chi connectivity index (χ1) is 11.6. The fourth-order valence-electron chi connectivity index (χ4n) is 2.69. The van der Waals surface area contributed by atoms with Gasteiger partial charge in [-0.15, -0.1) is 11.3 Å². The van der Waals surface area contributed by atoms with E-state index in [9.17, 15) is 4.79 Å². The summed E-state index contributed by atoms with van der Waals surface area (Å²) in [7, 11) is 0. The summed E-state index contributed by atoms with van der Waals surface area (Å²) in [6, 6.07) is 17.8. The summed E-state index contributed by atoms with van der Waals surface area (Å²) < 4.78 is 6.96. The highest BCUT2D eigenvalue weighted by atomic mass is 32.1. The number of hydrogen-bond donors (Lipinski definition) is 1. The van der Waals surface area contributed by atoms with Crippen molar-refractivity contribution < 1.29 is 9.53 Å². The fourth-order valence-corrected chi connectivity index (χ4v) is 3.66. The van der Waals surface area contributed by atoms with E-state index in [1.807, 2.05) is 37.3 Å². The van der Waals surface area contributed by atoms with Crippen molar-refractivity contribution in [1.82, 2.24) is 5.32 Å². The van der Waals surface area contributed by atoms with E-state index in [2.05, 4.69) is 35.0 Å². The van der Waals surface area contributed by atoms with Crippen LogP contribution in [0.1, 0.15) is 19.4 Å². The predicted molar refractivity (Wildman–Crippen MR) is 99.7 cm³/mol. The van der Waals surface area contributed by atoms with Gasteiger partial charge in [0.1, 0.15) is 5.75 Å². The summed E-state index contributed by atoms with van der Waals surface area (Å²) >= 11 is 1.75. The van der Waals surface area contributed by atoms with Crippen LogP contribution >= 0.6 is 11.3 Å². The van der Waals surface area contributed by atoms with Crippen LogP contribution in [-0.2, 0) is 11.2 Å². The standard InChI is InChI=1S/C20H21NO2S/c1-14(12-16-13-24-19-11-7-6-10-18(16)19)21-20(22)15(2)23-17-8-4-3-5-9-17/h3-11,13-15H,12H2,1-2H3,(H,21,22)/t14-,15+/m0/s1. The molecule has 0 saturated heterocycles. The molecule has 0 unspecified atom stereocenters. The highest BCUT2D eigenvalue weighted by Crippen LogP contribution is 2.26. The molecular weight excluding hydrogens is 318 g/mol. The average molecular weight is 339 g/mol. The molecule has 3 aromatic rings. The van der Waals surface area contributed by atoms with Gasteiger partial charge in [0.05, 0.1) is 0 Å². The lowest BCUT2D eigenvalue weighted by molar-refractivity contribution is -0.127. The second kappa shape index (κ2) is 7.49. The smallest absolute Gasteiger partial charge is 0.260 e. The number of ether oxygens (including phenoxy) is 1. The molecule has 0 aliphatic carbocycles. The third kappa shape index (κ3) is 3.95. The van der Waals surface area contributed by atoms with Gasteiger partial charge in [-0.1, -0.05) is 36.4 Å². The molecule has 1 heterocycles. The number of benzene rings is 2. The molecule has 3 nitrogen and oxygen atoms in total. The number of amides is 1. The molecular formula is C20H21NO2S. The Labute approximate surface area is 146 Å². The van der Waals surface area contributed by atoms with Crippen molar-refractivity contribution >= 4 is 27.3 Å². The average Bonchev–Trinajstić information content (AvgIpc) is 2.99. The van der Waals surface area contributed by atoms with E-state index in [4.69, 9.17) is 4.74 Å². The molecule has 0 bridgehead atoms. The molecule has 1 N–H and O–H groups in total. The van der Waals surface area contributed by atoms with Crippen LogP contribution in [0.15, 0.2) is 60.0 Å². The van der Waals surface area contributed by atoms with Crippen LogP contribution in [0.5, 0.6) is 5.75 Å². The minimum atomic E-state index is -0.519. The van der Waals surface area contributed by atoms with E-state index in [0.29, 0.717) is 5.75 Å². The molecule has 0 radical (unpaired) electrons. The summed E-state index contributed by atoms with van der Waals surface area (Å²) in [4.78, 5) is 12.3. The molecule has 0 aliphatic heterocycles. The summed E-state index contributed by atoms with van der Waals surface area (Å²) in [5.74, 6) is 0.613. The van der Waals surface area contributed by atoms with Gasteiger partial charge in [0.15, 0.2) is 6.10 Å². The summed E-state index contributed by atoms with van der Waals surface area (Å²) in [5, 5.41) is 6.50. The zero-order valence-electron chi connectivity index (χ0n) is 13.9. The normalized spacial score (nSPS) is 13.4. The molecule has 4 heteroatoms. The molecule has 0 fully saturated rings. The van der Waals surface area contributed by atoms with E-state index < -0.39 is 6.10 Å². The van der Waals surface area contributed by atoms with Crippen molar-refractivity contribution in [2.75, 3.05) is 0 Å². The zero-order valence-corrected chi connectivity index (χ0v) is 14.7. The van der Waals surface area contributed by atoms with E-state index in [1.54, 1.807) is 18.3 Å². The number of rotatable bonds is 6. The monoisotopic (exact) mass is 339 g/mol. The zero-order chi connectivity index (χ0) is 16.9. The van der Waals surface area contributed by atoms with Gasteiger partial charge in [-0.2, -0.15) is 0 Å². The van der Waals surface area contributed by atoms with Crippen LogP contribution in [0.3, 0.4) is 0 Å². The third-order valence-electron chi connectivity index (χ3n) is 3.90. The Hall–Kier alpha value is -2.33. The Balaban J connectivity index is 1.58. The number of nitrogens with one attached hydrogen (secondary N) is 1. The number of fused-ring (bicyclic) bond motifs is 1. The topological polar surface area (TPSA) is 38.3 Å². The van der Waals surface area contributed by atoms with Gasteiger partial charge >= 0.3 is 0 Å². The van der Waals surface area contributed by atoms with Gasteiger partial charge in [0.25, 0.3) is 5.91 Å². The van der Waals surface area contributed by atoms with Crippen LogP contribution in [0.2, 0.25) is 0 Å². The molecule has 0 spiro atoms. The predicted octanol–water partition coefficient (Wildman–Crippen LogP) is 4.42. The van der Waals surface area contributed by atoms with Gasteiger partial charge < -0.3 is 10.1 Å². The largest absolute Gasteiger partial charge is 0.481 e. The SMILES string of the molecule is C[C@@H](Cc1csc2ccccc12)NC(=O)[C@@H](C)Oc1ccccc1. The van der Waals surface area contributed by atoms with Crippen molar-refractivity contribution in [3.8, 4) is 5.75 Å². The lowest BCUT2D eigenvalue weighted by Crippen LogP contribution is -2.42. The molecule has 1 aromatic heterocycles. The third-order valence-corrected chi connectivity index (χ3v) is 4.91. The number of hydrogen-bond acceptors (Lipinski definition) is 3. The molecule has 1 amide bonds. The van der Waals surface area contributed by atoms with Crippen LogP contribution < -0.4 is 10.1 Å². The van der Waals surface area contributed by atoms with E-state index in [0.717, 1.165) is 6.42 Å². The lowest BCUT2D eigenvalue weighted by Gasteiger charge is -2.18. The summed E-state index contributed by atoms with van der Waals surface area (Å²) in [6.07, 6.45) is 0.294. The van der Waals surface area contributed by atoms with Crippen LogP contribution in [0.25, 0.3) is 10.1 Å². The molecule has 0 aliphatic rings. The van der Waals surface area contributed by atoms with E-state index in [-0.39, 0.29) is 11.9 Å². The van der Waals surface area contributed by atoms with Gasteiger partial charge in [-0.05, 0) is 54.8 Å². The maximum Gasteiger partial charge on any atom is 0.260 e. The molecule has 0 saturated carbocycles. The van der Waals surface area contributed by atoms with Gasteiger partial charge in [-0.3, -0.25) is 4.79 Å². The van der Waals surface area contributed by atoms with Crippen molar-refractivity contribution in [3.05, 3.63) is 65.5 Å². The summed E-state index contributed by atoms with van der Waals surface area (Å²) in [5.41, 5.74) is 1.28. The van der Waals surface area contributed by atoms with Gasteiger partial charge in [0, 0.05) is 10.7 Å². The van der Waals surface area contributed by atoms with Crippen molar-refractivity contribution in [2.24, 2.45) is 0 Å². The minimum Gasteiger partial charge on any atom is -0.481 e. The quantitative estimate of drug-likeness (QED) is 0.722. The number of carbonyl (C=O) groups is 1. The minimum absolute atomic E-state index is 0.0531. The Kier molecular flexibility index (Phi) is 5.16. The van der Waals surface area contributed by atoms with Crippen LogP contribution in [0, 0.1) is 0 Å². The number of thiophene rings is 1. The molecule has 2 aromatic carbocycles. The first-order valence-corrected chi connectivity index (χ1v) is 8.98. The van der Waals surface area contributed by atoms with Gasteiger partial charge in [0.2, 0.25) is 0 Å². The fraction of sp³-hybridized carbons (Fsp3) is 0.250. The Morgan fingerprint density at radius 2 is 1.79 bits per heavy atom. The van der Waals surface area contributed by atoms with E-state index >= 15 is 0 Å². The summed E-state index contributed by atoms with van der Waals surface area (Å²) in [6.45, 7) is 3.80. The molecule has 3 rings (SSSR count). The second-order valence-electron chi connectivity index (χ2n) is 5.94. The van der Waals surface area contributed by atoms with Crippen molar-refractivity contribution in [3.63, 3.8) is 0 Å². The van der Waals surface area contributed by atoms with Crippen LogP contribution in [-0.4, -0.2) is 18.1 Å². The second-order valence-corrected chi connectivity index (χ2v) is 6.86. The first-order valence-electron chi connectivity index (χ1n) is 8.10. The maximum atomic E-state index is 12.3. The molecule has 124 valence electrons. The Morgan fingerprint density at radius 1 is 1.08 bits per heavy atom.